The molecule has 126 valence electrons. The van der Waals surface area contributed by atoms with E-state index in [2.05, 4.69) is 10.3 Å². The zero-order chi connectivity index (χ0) is 17.4. The van der Waals surface area contributed by atoms with Gasteiger partial charge in [0, 0.05) is 16.8 Å². The van der Waals surface area contributed by atoms with Gasteiger partial charge in [-0.2, -0.15) is 0 Å². The van der Waals surface area contributed by atoms with Gasteiger partial charge in [-0.3, -0.25) is 9.59 Å². The molecule has 2 aromatic rings. The van der Waals surface area contributed by atoms with Crippen LogP contribution in [0.2, 0.25) is 5.15 Å². The van der Waals surface area contributed by atoms with Crippen LogP contribution in [0.1, 0.15) is 12.0 Å². The van der Waals surface area contributed by atoms with Crippen molar-refractivity contribution in [2.75, 3.05) is 17.7 Å². The predicted molar refractivity (Wildman–Crippen MR) is 95.4 cm³/mol. The van der Waals surface area contributed by atoms with Crippen LogP contribution in [-0.4, -0.2) is 29.2 Å². The number of halogens is 1. The molecule has 0 unspecified atom stereocenters. The summed E-state index contributed by atoms with van der Waals surface area (Å²) in [5.74, 6) is -0.274. The largest absolute Gasteiger partial charge is 0.456 e. The molecule has 7 heteroatoms. The van der Waals surface area contributed by atoms with Gasteiger partial charge in [0.25, 0.3) is 5.91 Å². The average molecular weight is 365 g/mol. The first-order chi connectivity index (χ1) is 11.5. The minimum absolute atomic E-state index is 0.187. The summed E-state index contributed by atoms with van der Waals surface area (Å²) < 4.78 is 4.95. The summed E-state index contributed by atoms with van der Waals surface area (Å²) in [5.41, 5.74) is 1.58. The summed E-state index contributed by atoms with van der Waals surface area (Å²) in [6.07, 6.45) is 1.75. The molecule has 1 amide bonds. The molecule has 0 spiro atoms. The van der Waals surface area contributed by atoms with E-state index in [1.54, 1.807) is 23.9 Å². The molecular formula is C17H17ClN2O3S. The van der Waals surface area contributed by atoms with Crippen molar-refractivity contribution in [3.8, 4) is 0 Å². The van der Waals surface area contributed by atoms with Gasteiger partial charge in [0.2, 0.25) is 0 Å². The number of carbonyl (C=O) groups is 2. The molecule has 0 aliphatic rings. The van der Waals surface area contributed by atoms with Crippen molar-refractivity contribution >= 4 is 40.9 Å². The number of ether oxygens (including phenoxy) is 1. The van der Waals surface area contributed by atoms with Crippen molar-refractivity contribution < 1.29 is 14.3 Å². The summed E-state index contributed by atoms with van der Waals surface area (Å²) in [5, 5.41) is 2.72. The first-order valence-electron chi connectivity index (χ1n) is 7.30. The van der Waals surface area contributed by atoms with E-state index >= 15 is 0 Å². The molecule has 0 saturated carbocycles. The maximum Gasteiger partial charge on any atom is 0.307 e. The first kappa shape index (κ1) is 18.3. The minimum Gasteiger partial charge on any atom is -0.456 e. The van der Waals surface area contributed by atoms with Crippen molar-refractivity contribution in [1.82, 2.24) is 4.98 Å². The number of hydrogen-bond donors (Lipinski definition) is 1. The summed E-state index contributed by atoms with van der Waals surface area (Å²) in [7, 11) is 0. The lowest BCUT2D eigenvalue weighted by atomic mass is 10.2. The van der Waals surface area contributed by atoms with Crippen LogP contribution in [0.15, 0.2) is 47.5 Å². The smallest absolute Gasteiger partial charge is 0.307 e. The third-order valence-corrected chi connectivity index (χ3v) is 4.31. The number of hydrogen-bond acceptors (Lipinski definition) is 5. The Balaban J connectivity index is 1.66. The summed E-state index contributed by atoms with van der Waals surface area (Å²) in [6.45, 7) is 1.68. The average Bonchev–Trinajstić information content (AvgIpc) is 2.57. The van der Waals surface area contributed by atoms with Crippen molar-refractivity contribution in [3.05, 3.63) is 53.3 Å². The molecule has 0 bridgehead atoms. The van der Waals surface area contributed by atoms with Gasteiger partial charge in [-0.05, 0) is 31.2 Å². The Morgan fingerprint density at radius 1 is 1.25 bits per heavy atom. The Morgan fingerprint density at radius 3 is 2.71 bits per heavy atom. The number of nitrogens with zero attached hydrogens (tertiary/aromatic N) is 1. The van der Waals surface area contributed by atoms with Crippen molar-refractivity contribution in [2.45, 2.75) is 18.2 Å². The zero-order valence-electron chi connectivity index (χ0n) is 13.1. The Hall–Kier alpha value is -2.05. The molecule has 0 fully saturated rings. The van der Waals surface area contributed by atoms with Crippen LogP contribution in [0.3, 0.4) is 0 Å². The number of rotatable bonds is 7. The van der Waals surface area contributed by atoms with Gasteiger partial charge in [0.05, 0.1) is 12.1 Å². The Kier molecular flexibility index (Phi) is 7.08. The van der Waals surface area contributed by atoms with Gasteiger partial charge in [-0.15, -0.1) is 11.8 Å². The molecule has 2 rings (SSSR count). The molecule has 0 atom stereocenters. The number of thioether (sulfide) groups is 1. The molecule has 5 nitrogen and oxygen atoms in total. The number of benzene rings is 1. The molecule has 24 heavy (non-hydrogen) atoms. The Labute approximate surface area is 149 Å². The molecular weight excluding hydrogens is 348 g/mol. The predicted octanol–water partition coefficient (Wildman–Crippen LogP) is 3.71. The highest BCUT2D eigenvalue weighted by Crippen LogP contribution is 2.19. The highest BCUT2D eigenvalue weighted by molar-refractivity contribution is 7.99. The number of carbonyl (C=O) groups excluding carboxylic acids is 2. The van der Waals surface area contributed by atoms with E-state index in [1.807, 2.05) is 31.2 Å². The van der Waals surface area contributed by atoms with E-state index in [1.165, 1.54) is 11.8 Å². The summed E-state index contributed by atoms with van der Waals surface area (Å²) >= 11 is 7.40. The number of nitrogens with one attached hydrogen (secondary N) is 1. The molecule has 1 aromatic heterocycles. The van der Waals surface area contributed by atoms with Crippen molar-refractivity contribution in [2.24, 2.45) is 0 Å². The monoisotopic (exact) mass is 364 g/mol. The van der Waals surface area contributed by atoms with Gasteiger partial charge in [0.15, 0.2) is 11.8 Å². The SMILES string of the molecule is Cc1ccc(SCCC(=O)OCC(=O)Nc2cccnc2Cl)cc1. The maximum atomic E-state index is 11.7. The normalized spacial score (nSPS) is 10.2. The van der Waals surface area contributed by atoms with E-state index in [0.29, 0.717) is 11.4 Å². The maximum absolute atomic E-state index is 11.7. The number of anilines is 1. The lowest BCUT2D eigenvalue weighted by Crippen LogP contribution is -2.21. The topological polar surface area (TPSA) is 68.3 Å². The standard InChI is InChI=1S/C17H17ClN2O3S/c1-12-4-6-13(7-5-12)24-10-8-16(22)23-11-15(21)20-14-3-2-9-19-17(14)18/h2-7,9H,8,10-11H2,1H3,(H,20,21). The van der Waals surface area contributed by atoms with Crippen LogP contribution in [0.25, 0.3) is 0 Å². The van der Waals surface area contributed by atoms with E-state index < -0.39 is 11.9 Å². The van der Waals surface area contributed by atoms with E-state index in [-0.39, 0.29) is 18.2 Å². The number of pyridine rings is 1. The fourth-order valence-electron chi connectivity index (χ4n) is 1.77. The number of esters is 1. The van der Waals surface area contributed by atoms with Crippen LogP contribution < -0.4 is 5.32 Å². The van der Waals surface area contributed by atoms with Crippen LogP contribution in [-0.2, 0) is 14.3 Å². The Morgan fingerprint density at radius 2 is 2.00 bits per heavy atom. The van der Waals surface area contributed by atoms with Gasteiger partial charge in [0.1, 0.15) is 0 Å². The first-order valence-corrected chi connectivity index (χ1v) is 8.66. The van der Waals surface area contributed by atoms with Gasteiger partial charge >= 0.3 is 5.97 Å². The second kappa shape index (κ2) is 9.30. The van der Waals surface area contributed by atoms with Crippen LogP contribution in [0.4, 0.5) is 5.69 Å². The van der Waals surface area contributed by atoms with Crippen LogP contribution in [0, 0.1) is 6.92 Å². The molecule has 0 saturated heterocycles. The van der Waals surface area contributed by atoms with Gasteiger partial charge in [-0.1, -0.05) is 29.3 Å². The van der Waals surface area contributed by atoms with Crippen molar-refractivity contribution in [1.29, 1.82) is 0 Å². The van der Waals surface area contributed by atoms with E-state index in [9.17, 15) is 9.59 Å². The van der Waals surface area contributed by atoms with E-state index in [0.717, 1.165) is 4.90 Å². The molecule has 0 radical (unpaired) electrons. The van der Waals surface area contributed by atoms with Gasteiger partial charge < -0.3 is 10.1 Å². The lowest BCUT2D eigenvalue weighted by molar-refractivity contribution is -0.146. The fraction of sp³-hybridized carbons (Fsp3) is 0.235. The highest BCUT2D eigenvalue weighted by Gasteiger charge is 2.10. The van der Waals surface area contributed by atoms with Gasteiger partial charge in [-0.25, -0.2) is 4.98 Å². The highest BCUT2D eigenvalue weighted by atomic mass is 35.5. The summed E-state index contributed by atoms with van der Waals surface area (Å²) in [4.78, 5) is 28.3. The molecule has 1 N–H and O–H groups in total. The lowest BCUT2D eigenvalue weighted by Gasteiger charge is -2.07. The third kappa shape index (κ3) is 6.22. The minimum atomic E-state index is -0.454. The van der Waals surface area contributed by atoms with Crippen LogP contribution >= 0.6 is 23.4 Å². The Bertz CT molecular complexity index is 707. The summed E-state index contributed by atoms with van der Waals surface area (Å²) in [6, 6.07) is 11.3. The quantitative estimate of drug-likeness (QED) is 0.461. The number of aromatic nitrogens is 1. The fourth-order valence-corrected chi connectivity index (χ4v) is 2.77. The van der Waals surface area contributed by atoms with E-state index in [4.69, 9.17) is 16.3 Å². The molecule has 1 aromatic carbocycles. The molecule has 0 aliphatic heterocycles. The second-order valence-corrected chi connectivity index (χ2v) is 6.49. The second-order valence-electron chi connectivity index (χ2n) is 4.96. The number of amides is 1. The number of aryl methyl sites for hydroxylation is 1. The third-order valence-electron chi connectivity index (χ3n) is 2.99. The molecule has 0 aliphatic carbocycles. The van der Waals surface area contributed by atoms with Crippen molar-refractivity contribution in [3.63, 3.8) is 0 Å². The molecule has 1 heterocycles. The zero-order valence-corrected chi connectivity index (χ0v) is 14.7. The van der Waals surface area contributed by atoms with Crippen LogP contribution in [0.5, 0.6) is 0 Å².